The Bertz CT molecular complexity index is 505. The van der Waals surface area contributed by atoms with Gasteiger partial charge in [-0.05, 0) is 25.5 Å². The van der Waals surface area contributed by atoms with E-state index >= 15 is 0 Å². The van der Waals surface area contributed by atoms with E-state index in [9.17, 15) is 4.39 Å². The van der Waals surface area contributed by atoms with Crippen LogP contribution in [0.4, 0.5) is 10.3 Å². The van der Waals surface area contributed by atoms with Gasteiger partial charge in [-0.25, -0.2) is 4.39 Å². The van der Waals surface area contributed by atoms with Gasteiger partial charge in [0.25, 0.3) is 0 Å². The van der Waals surface area contributed by atoms with Crippen molar-refractivity contribution in [3.05, 3.63) is 35.3 Å². The summed E-state index contributed by atoms with van der Waals surface area (Å²) in [5.41, 5.74) is 8.05. The normalized spacial score (nSPS) is 10.6. The predicted molar refractivity (Wildman–Crippen MR) is 55.8 cm³/mol. The van der Waals surface area contributed by atoms with Gasteiger partial charge in [-0.3, -0.25) is 0 Å². The maximum atomic E-state index is 13.8. The molecule has 15 heavy (non-hydrogen) atoms. The second kappa shape index (κ2) is 3.38. The Balaban J connectivity index is 2.68. The lowest BCUT2D eigenvalue weighted by Gasteiger charge is -2.05. The minimum atomic E-state index is -0.282. The van der Waals surface area contributed by atoms with Gasteiger partial charge < -0.3 is 10.3 Å². The number of aryl methyl sites for hydroxylation is 2. The molecule has 3 nitrogen and oxygen atoms in total. The van der Waals surface area contributed by atoms with Crippen molar-refractivity contribution in [2.24, 2.45) is 0 Å². The molecule has 0 aliphatic rings. The smallest absolute Gasteiger partial charge is 0.230 e. The molecule has 0 saturated heterocycles. The maximum absolute atomic E-state index is 13.8. The van der Waals surface area contributed by atoms with Crippen molar-refractivity contribution in [3.63, 3.8) is 0 Å². The van der Waals surface area contributed by atoms with Crippen LogP contribution in [0, 0.1) is 19.7 Å². The Morgan fingerprint density at radius 3 is 2.60 bits per heavy atom. The Labute approximate surface area is 86.7 Å². The second-order valence-electron chi connectivity index (χ2n) is 3.55. The highest BCUT2D eigenvalue weighted by atomic mass is 19.1. The van der Waals surface area contributed by atoms with Crippen LogP contribution in [0.15, 0.2) is 22.9 Å². The Morgan fingerprint density at radius 2 is 2.00 bits per heavy atom. The fourth-order valence-corrected chi connectivity index (χ4v) is 1.60. The summed E-state index contributed by atoms with van der Waals surface area (Å²) in [7, 11) is 0. The zero-order valence-electron chi connectivity index (χ0n) is 8.54. The second-order valence-corrected chi connectivity index (χ2v) is 3.55. The van der Waals surface area contributed by atoms with Gasteiger partial charge in [0, 0.05) is 5.56 Å². The van der Waals surface area contributed by atoms with E-state index in [4.69, 9.17) is 10.3 Å². The molecule has 0 amide bonds. The highest BCUT2D eigenvalue weighted by molar-refractivity contribution is 5.73. The van der Waals surface area contributed by atoms with Crippen LogP contribution in [0.1, 0.15) is 11.1 Å². The van der Waals surface area contributed by atoms with Crippen LogP contribution in [0.3, 0.4) is 0 Å². The number of nitrogen functional groups attached to an aromatic ring is 1. The summed E-state index contributed by atoms with van der Waals surface area (Å²) in [5, 5.41) is 3.53. The molecule has 0 aliphatic heterocycles. The molecule has 4 heteroatoms. The number of anilines is 1. The molecule has 0 atom stereocenters. The van der Waals surface area contributed by atoms with E-state index in [2.05, 4.69) is 5.16 Å². The predicted octanol–water partition coefficient (Wildman–Crippen LogP) is 2.68. The van der Waals surface area contributed by atoms with Crippen molar-refractivity contribution >= 4 is 5.88 Å². The molecular formula is C11H11FN2O. The summed E-state index contributed by atoms with van der Waals surface area (Å²) >= 11 is 0. The number of hydrogen-bond donors (Lipinski definition) is 1. The average molecular weight is 206 g/mol. The summed E-state index contributed by atoms with van der Waals surface area (Å²) in [6.45, 7) is 3.62. The first-order valence-electron chi connectivity index (χ1n) is 4.57. The summed E-state index contributed by atoms with van der Waals surface area (Å²) in [6.07, 6.45) is 1.42. The van der Waals surface area contributed by atoms with Crippen LogP contribution >= 0.6 is 0 Å². The van der Waals surface area contributed by atoms with E-state index in [0.717, 1.165) is 5.56 Å². The van der Waals surface area contributed by atoms with Gasteiger partial charge in [-0.15, -0.1) is 0 Å². The van der Waals surface area contributed by atoms with Gasteiger partial charge in [0.2, 0.25) is 5.88 Å². The summed E-state index contributed by atoms with van der Waals surface area (Å²) < 4.78 is 18.5. The van der Waals surface area contributed by atoms with E-state index < -0.39 is 0 Å². The first kappa shape index (κ1) is 9.71. The van der Waals surface area contributed by atoms with Crippen LogP contribution < -0.4 is 5.73 Å². The van der Waals surface area contributed by atoms with Crippen molar-refractivity contribution in [3.8, 4) is 11.1 Å². The van der Waals surface area contributed by atoms with Crippen molar-refractivity contribution in [1.29, 1.82) is 0 Å². The van der Waals surface area contributed by atoms with Crippen LogP contribution in [0.2, 0.25) is 0 Å². The maximum Gasteiger partial charge on any atom is 0.230 e. The molecule has 1 heterocycles. The average Bonchev–Trinajstić information content (AvgIpc) is 2.58. The molecule has 0 radical (unpaired) electrons. The largest absolute Gasteiger partial charge is 0.367 e. The quantitative estimate of drug-likeness (QED) is 0.780. The molecule has 0 spiro atoms. The standard InChI is InChI=1S/C11H11FN2O/c1-6-3-7(2)10(12)8(4-6)9-5-14-15-11(9)13/h3-5H,13H2,1-2H3. The lowest BCUT2D eigenvalue weighted by molar-refractivity contribution is 0.436. The van der Waals surface area contributed by atoms with Crippen LogP contribution in [-0.2, 0) is 0 Å². The topological polar surface area (TPSA) is 52.0 Å². The molecule has 2 N–H and O–H groups in total. The number of benzene rings is 1. The molecule has 0 bridgehead atoms. The molecule has 1 aromatic heterocycles. The number of halogens is 1. The first-order chi connectivity index (χ1) is 7.09. The van der Waals surface area contributed by atoms with Gasteiger partial charge in [-0.2, -0.15) is 0 Å². The summed E-state index contributed by atoms with van der Waals surface area (Å²) in [5.74, 6) is -0.144. The van der Waals surface area contributed by atoms with E-state index in [1.54, 1.807) is 19.1 Å². The van der Waals surface area contributed by atoms with Crippen molar-refractivity contribution in [2.75, 3.05) is 5.73 Å². The Kier molecular flexibility index (Phi) is 2.19. The molecule has 2 aromatic rings. The van der Waals surface area contributed by atoms with Gasteiger partial charge in [0.1, 0.15) is 5.82 Å². The molecule has 0 fully saturated rings. The molecule has 0 unspecified atom stereocenters. The molecule has 1 aromatic carbocycles. The minimum Gasteiger partial charge on any atom is -0.367 e. The molecular weight excluding hydrogens is 195 g/mol. The highest BCUT2D eigenvalue weighted by Crippen LogP contribution is 2.30. The van der Waals surface area contributed by atoms with E-state index in [1.807, 2.05) is 6.92 Å². The van der Waals surface area contributed by atoms with Gasteiger partial charge in [0.05, 0.1) is 11.8 Å². The van der Waals surface area contributed by atoms with E-state index in [-0.39, 0.29) is 11.7 Å². The zero-order valence-corrected chi connectivity index (χ0v) is 8.54. The summed E-state index contributed by atoms with van der Waals surface area (Å²) in [6, 6.07) is 3.51. The third-order valence-corrected chi connectivity index (χ3v) is 2.29. The Morgan fingerprint density at radius 1 is 1.27 bits per heavy atom. The van der Waals surface area contributed by atoms with Gasteiger partial charge in [-0.1, -0.05) is 16.8 Å². The van der Waals surface area contributed by atoms with Gasteiger partial charge in [0.15, 0.2) is 0 Å². The van der Waals surface area contributed by atoms with Crippen molar-refractivity contribution < 1.29 is 8.91 Å². The SMILES string of the molecule is Cc1cc(C)c(F)c(-c2cnoc2N)c1. The van der Waals surface area contributed by atoms with Crippen LogP contribution in [0.25, 0.3) is 11.1 Å². The van der Waals surface area contributed by atoms with Gasteiger partial charge >= 0.3 is 0 Å². The fraction of sp³-hybridized carbons (Fsp3) is 0.182. The van der Waals surface area contributed by atoms with Crippen molar-refractivity contribution in [1.82, 2.24) is 5.16 Å². The minimum absolute atomic E-state index is 0.138. The lowest BCUT2D eigenvalue weighted by Crippen LogP contribution is -1.92. The number of hydrogen-bond acceptors (Lipinski definition) is 3. The lowest BCUT2D eigenvalue weighted by atomic mass is 10.0. The molecule has 78 valence electrons. The monoisotopic (exact) mass is 206 g/mol. The molecule has 0 aliphatic carbocycles. The number of nitrogens with zero attached hydrogens (tertiary/aromatic N) is 1. The van der Waals surface area contributed by atoms with E-state index in [0.29, 0.717) is 16.7 Å². The van der Waals surface area contributed by atoms with Crippen molar-refractivity contribution in [2.45, 2.75) is 13.8 Å². The highest BCUT2D eigenvalue weighted by Gasteiger charge is 2.13. The Hall–Kier alpha value is -1.84. The third-order valence-electron chi connectivity index (χ3n) is 2.29. The van der Waals surface area contributed by atoms with E-state index in [1.165, 1.54) is 6.20 Å². The first-order valence-corrected chi connectivity index (χ1v) is 4.57. The number of rotatable bonds is 1. The van der Waals surface area contributed by atoms with Crippen LogP contribution in [-0.4, -0.2) is 5.16 Å². The molecule has 0 saturated carbocycles. The number of aromatic nitrogens is 1. The summed E-state index contributed by atoms with van der Waals surface area (Å²) in [4.78, 5) is 0. The molecule has 2 rings (SSSR count). The zero-order chi connectivity index (χ0) is 11.0. The fourth-order valence-electron chi connectivity index (χ4n) is 1.60. The third kappa shape index (κ3) is 1.58. The van der Waals surface area contributed by atoms with Crippen LogP contribution in [0.5, 0.6) is 0 Å². The number of nitrogens with two attached hydrogens (primary N) is 1.